The summed E-state index contributed by atoms with van der Waals surface area (Å²) in [5.74, 6) is -0.958. The Labute approximate surface area is 161 Å². The van der Waals surface area contributed by atoms with E-state index >= 15 is 0 Å². The molecule has 3 N–H and O–H groups in total. The van der Waals surface area contributed by atoms with E-state index in [0.29, 0.717) is 22.0 Å². The predicted molar refractivity (Wildman–Crippen MR) is 104 cm³/mol. The molecular weight excluding hydrogens is 376 g/mol. The van der Waals surface area contributed by atoms with E-state index in [9.17, 15) is 9.59 Å². The lowest BCUT2D eigenvalue weighted by atomic mass is 10.1. The summed E-state index contributed by atoms with van der Waals surface area (Å²) in [6.45, 7) is 3.27. The van der Waals surface area contributed by atoms with Crippen LogP contribution in [0.3, 0.4) is 0 Å². The number of carboxylic acid groups (broad SMARTS) is 1. The van der Waals surface area contributed by atoms with Gasteiger partial charge in [-0.25, -0.2) is 4.79 Å². The van der Waals surface area contributed by atoms with Gasteiger partial charge in [-0.3, -0.25) is 10.1 Å². The molecule has 0 spiro atoms. The van der Waals surface area contributed by atoms with Crippen molar-refractivity contribution in [2.75, 3.05) is 11.9 Å². The standard InChI is InChI=1S/C18H17ClN2O4S/c1-10-8-12(6-7-14(10)19)25-9-16(22)21-18(26)20-15-5-3-4-13(11(15)2)17(23)24/h3-8H,9H2,1-2H3,(H,23,24)(H2,20,21,22,26). The van der Waals surface area contributed by atoms with E-state index in [1.54, 1.807) is 37.3 Å². The van der Waals surface area contributed by atoms with Crippen molar-refractivity contribution in [1.82, 2.24) is 5.32 Å². The summed E-state index contributed by atoms with van der Waals surface area (Å²) in [5, 5.41) is 15.1. The number of amides is 1. The highest BCUT2D eigenvalue weighted by atomic mass is 35.5. The number of carbonyl (C=O) groups is 2. The second-order valence-electron chi connectivity index (χ2n) is 5.49. The largest absolute Gasteiger partial charge is 0.484 e. The maximum absolute atomic E-state index is 11.9. The molecule has 0 fully saturated rings. The van der Waals surface area contributed by atoms with Crippen LogP contribution in [0.15, 0.2) is 36.4 Å². The Balaban J connectivity index is 1.91. The Hall–Kier alpha value is -2.64. The molecule has 0 aliphatic heterocycles. The second kappa shape index (κ2) is 8.64. The minimum atomic E-state index is -1.03. The van der Waals surface area contributed by atoms with Crippen LogP contribution in [0.1, 0.15) is 21.5 Å². The van der Waals surface area contributed by atoms with Crippen molar-refractivity contribution in [1.29, 1.82) is 0 Å². The number of anilines is 1. The van der Waals surface area contributed by atoms with E-state index in [0.717, 1.165) is 5.56 Å². The topological polar surface area (TPSA) is 87.7 Å². The summed E-state index contributed by atoms with van der Waals surface area (Å²) < 4.78 is 5.39. The summed E-state index contributed by atoms with van der Waals surface area (Å²) >= 11 is 11.0. The fourth-order valence-electron chi connectivity index (χ4n) is 2.17. The first-order chi connectivity index (χ1) is 12.3. The van der Waals surface area contributed by atoms with Crippen molar-refractivity contribution < 1.29 is 19.4 Å². The molecule has 136 valence electrons. The van der Waals surface area contributed by atoms with Crippen molar-refractivity contribution in [3.8, 4) is 5.75 Å². The average molecular weight is 393 g/mol. The van der Waals surface area contributed by atoms with Crippen LogP contribution in [0.2, 0.25) is 5.02 Å². The zero-order chi connectivity index (χ0) is 19.3. The highest BCUT2D eigenvalue weighted by molar-refractivity contribution is 7.80. The monoisotopic (exact) mass is 392 g/mol. The van der Waals surface area contributed by atoms with Crippen LogP contribution in [-0.2, 0) is 4.79 Å². The van der Waals surface area contributed by atoms with Crippen LogP contribution in [-0.4, -0.2) is 28.7 Å². The number of ether oxygens (including phenoxy) is 1. The van der Waals surface area contributed by atoms with Gasteiger partial charge in [-0.1, -0.05) is 17.7 Å². The van der Waals surface area contributed by atoms with Gasteiger partial charge >= 0.3 is 5.97 Å². The van der Waals surface area contributed by atoms with Gasteiger partial charge in [0.05, 0.1) is 5.56 Å². The minimum Gasteiger partial charge on any atom is -0.484 e. The highest BCUT2D eigenvalue weighted by Crippen LogP contribution is 2.21. The number of benzene rings is 2. The van der Waals surface area contributed by atoms with E-state index in [-0.39, 0.29) is 17.3 Å². The van der Waals surface area contributed by atoms with Crippen LogP contribution >= 0.6 is 23.8 Å². The van der Waals surface area contributed by atoms with Gasteiger partial charge in [-0.05, 0) is 67.5 Å². The van der Waals surface area contributed by atoms with E-state index in [1.165, 1.54) is 6.07 Å². The third-order valence-corrected chi connectivity index (χ3v) is 4.19. The molecule has 2 aromatic carbocycles. The Kier molecular flexibility index (Phi) is 6.54. The first kappa shape index (κ1) is 19.7. The number of halogens is 1. The summed E-state index contributed by atoms with van der Waals surface area (Å²) in [5.41, 5.74) is 2.02. The van der Waals surface area contributed by atoms with E-state index in [2.05, 4.69) is 10.6 Å². The first-order valence-electron chi connectivity index (χ1n) is 7.60. The molecule has 1 amide bonds. The average Bonchev–Trinajstić information content (AvgIpc) is 2.57. The van der Waals surface area contributed by atoms with Crippen molar-refractivity contribution in [2.45, 2.75) is 13.8 Å². The normalized spacial score (nSPS) is 10.1. The lowest BCUT2D eigenvalue weighted by molar-refractivity contribution is -0.121. The molecule has 0 aromatic heterocycles. The van der Waals surface area contributed by atoms with Crippen LogP contribution in [0.5, 0.6) is 5.75 Å². The van der Waals surface area contributed by atoms with Gasteiger partial charge in [0.1, 0.15) is 5.75 Å². The highest BCUT2D eigenvalue weighted by Gasteiger charge is 2.12. The van der Waals surface area contributed by atoms with E-state index < -0.39 is 11.9 Å². The molecule has 0 saturated heterocycles. The van der Waals surface area contributed by atoms with Crippen LogP contribution in [0.25, 0.3) is 0 Å². The molecule has 0 radical (unpaired) electrons. The smallest absolute Gasteiger partial charge is 0.336 e. The Morgan fingerprint density at radius 1 is 1.23 bits per heavy atom. The quantitative estimate of drug-likeness (QED) is 0.674. The summed E-state index contributed by atoms with van der Waals surface area (Å²) in [6.07, 6.45) is 0. The number of carboxylic acids is 1. The minimum absolute atomic E-state index is 0.0523. The fourth-order valence-corrected chi connectivity index (χ4v) is 2.52. The summed E-state index contributed by atoms with van der Waals surface area (Å²) in [4.78, 5) is 23.1. The zero-order valence-corrected chi connectivity index (χ0v) is 15.7. The van der Waals surface area contributed by atoms with Gasteiger partial charge in [-0.2, -0.15) is 0 Å². The molecule has 0 unspecified atom stereocenters. The molecule has 0 atom stereocenters. The lowest BCUT2D eigenvalue weighted by Crippen LogP contribution is -2.37. The molecule has 0 aliphatic rings. The molecule has 0 heterocycles. The summed E-state index contributed by atoms with van der Waals surface area (Å²) in [6, 6.07) is 9.84. The Morgan fingerprint density at radius 3 is 2.62 bits per heavy atom. The van der Waals surface area contributed by atoms with Crippen LogP contribution < -0.4 is 15.4 Å². The number of hydrogen-bond donors (Lipinski definition) is 3. The molecule has 2 rings (SSSR count). The van der Waals surface area contributed by atoms with Crippen molar-refractivity contribution in [3.05, 3.63) is 58.1 Å². The molecule has 8 heteroatoms. The SMILES string of the molecule is Cc1cc(OCC(=O)NC(=S)Nc2cccc(C(=O)O)c2C)ccc1Cl. The third kappa shape index (κ3) is 5.18. The van der Waals surface area contributed by atoms with Crippen molar-refractivity contribution in [3.63, 3.8) is 0 Å². The zero-order valence-electron chi connectivity index (χ0n) is 14.1. The number of aryl methyl sites for hydroxylation is 1. The first-order valence-corrected chi connectivity index (χ1v) is 8.39. The molecule has 26 heavy (non-hydrogen) atoms. The second-order valence-corrected chi connectivity index (χ2v) is 6.30. The van der Waals surface area contributed by atoms with Gasteiger partial charge in [0.15, 0.2) is 11.7 Å². The van der Waals surface area contributed by atoms with E-state index in [4.69, 9.17) is 33.7 Å². The van der Waals surface area contributed by atoms with E-state index in [1.807, 2.05) is 6.92 Å². The number of nitrogens with one attached hydrogen (secondary N) is 2. The number of aromatic carboxylic acids is 1. The maximum atomic E-state index is 11.9. The Morgan fingerprint density at radius 2 is 1.96 bits per heavy atom. The molecule has 2 aromatic rings. The van der Waals surface area contributed by atoms with Crippen LogP contribution in [0, 0.1) is 13.8 Å². The molecule has 0 aliphatic carbocycles. The summed E-state index contributed by atoms with van der Waals surface area (Å²) in [7, 11) is 0. The van der Waals surface area contributed by atoms with Gasteiger partial charge < -0.3 is 15.2 Å². The molecule has 0 saturated carbocycles. The van der Waals surface area contributed by atoms with Gasteiger partial charge in [0.2, 0.25) is 0 Å². The lowest BCUT2D eigenvalue weighted by Gasteiger charge is -2.13. The number of hydrogen-bond acceptors (Lipinski definition) is 4. The maximum Gasteiger partial charge on any atom is 0.336 e. The fraction of sp³-hybridized carbons (Fsp3) is 0.167. The molecule has 6 nitrogen and oxygen atoms in total. The Bertz CT molecular complexity index is 870. The molecular formula is C18H17ClN2O4S. The predicted octanol–water partition coefficient (Wildman–Crippen LogP) is 3.55. The number of thiocarbonyl (C=S) groups is 1. The van der Waals surface area contributed by atoms with Crippen molar-refractivity contribution in [2.24, 2.45) is 0 Å². The van der Waals surface area contributed by atoms with Gasteiger partial charge in [0.25, 0.3) is 5.91 Å². The van der Waals surface area contributed by atoms with Gasteiger partial charge in [-0.15, -0.1) is 0 Å². The number of carbonyl (C=O) groups excluding carboxylic acids is 1. The number of rotatable bonds is 5. The van der Waals surface area contributed by atoms with Crippen molar-refractivity contribution >= 4 is 46.5 Å². The van der Waals surface area contributed by atoms with Crippen LogP contribution in [0.4, 0.5) is 5.69 Å². The third-order valence-electron chi connectivity index (χ3n) is 3.56. The van der Waals surface area contributed by atoms with Gasteiger partial charge in [0, 0.05) is 10.7 Å². The molecule has 0 bridgehead atoms.